The summed E-state index contributed by atoms with van der Waals surface area (Å²) in [5.74, 6) is 1.11. The molecule has 0 spiro atoms. The molecule has 0 unspecified atom stereocenters. The lowest BCUT2D eigenvalue weighted by Gasteiger charge is -2.04. The molecule has 0 N–H and O–H groups in total. The van der Waals surface area contributed by atoms with Gasteiger partial charge in [0.25, 0.3) is 5.69 Å². The van der Waals surface area contributed by atoms with E-state index in [2.05, 4.69) is 10.8 Å². The lowest BCUT2D eigenvalue weighted by atomic mass is 10.2. The number of thioether (sulfide) groups is 1. The highest BCUT2D eigenvalue weighted by molar-refractivity contribution is 7.98. The normalized spacial score (nSPS) is 10.9. The van der Waals surface area contributed by atoms with E-state index in [4.69, 9.17) is 0 Å². The molecule has 90 valence electrons. The van der Waals surface area contributed by atoms with E-state index in [0.717, 1.165) is 29.6 Å². The molecule has 4 nitrogen and oxygen atoms in total. The first-order valence-corrected chi connectivity index (χ1v) is 6.84. The van der Waals surface area contributed by atoms with Gasteiger partial charge in [0.05, 0.1) is 10.4 Å². The summed E-state index contributed by atoms with van der Waals surface area (Å²) in [7, 11) is 0. The van der Waals surface area contributed by atoms with Gasteiger partial charge in [-0.3, -0.25) is 10.1 Å². The zero-order chi connectivity index (χ0) is 12.3. The molecular weight excluding hydrogens is 236 g/mol. The molecular formula is C12H14N2O2S. The monoisotopic (exact) mass is 250 g/mol. The SMILES string of the molecule is CSCCCn1ccc2ccc([N+](=O)[O-])cc21. The van der Waals surface area contributed by atoms with Crippen molar-refractivity contribution < 1.29 is 4.92 Å². The fraction of sp³-hybridized carbons (Fsp3) is 0.333. The molecule has 0 aliphatic rings. The Morgan fingerprint density at radius 1 is 1.41 bits per heavy atom. The fourth-order valence-electron chi connectivity index (χ4n) is 1.86. The molecule has 0 aliphatic carbocycles. The van der Waals surface area contributed by atoms with E-state index in [1.807, 2.05) is 24.0 Å². The van der Waals surface area contributed by atoms with Gasteiger partial charge in [0.2, 0.25) is 0 Å². The molecule has 17 heavy (non-hydrogen) atoms. The zero-order valence-corrected chi connectivity index (χ0v) is 10.4. The van der Waals surface area contributed by atoms with Crippen molar-refractivity contribution in [3.05, 3.63) is 40.6 Å². The third-order valence-corrected chi connectivity index (χ3v) is 3.41. The molecule has 0 radical (unpaired) electrons. The minimum atomic E-state index is -0.349. The number of hydrogen-bond donors (Lipinski definition) is 0. The highest BCUT2D eigenvalue weighted by Crippen LogP contribution is 2.22. The van der Waals surface area contributed by atoms with Crippen molar-refractivity contribution >= 4 is 28.4 Å². The Morgan fingerprint density at radius 2 is 2.24 bits per heavy atom. The summed E-state index contributed by atoms with van der Waals surface area (Å²) in [6, 6.07) is 7.00. The van der Waals surface area contributed by atoms with Gasteiger partial charge in [-0.25, -0.2) is 0 Å². The Morgan fingerprint density at radius 3 is 2.94 bits per heavy atom. The minimum Gasteiger partial charge on any atom is -0.347 e. The summed E-state index contributed by atoms with van der Waals surface area (Å²) in [5, 5.41) is 11.8. The summed E-state index contributed by atoms with van der Waals surface area (Å²) >= 11 is 1.82. The number of aromatic nitrogens is 1. The summed E-state index contributed by atoms with van der Waals surface area (Å²) in [6.45, 7) is 0.908. The van der Waals surface area contributed by atoms with Crippen LogP contribution in [-0.4, -0.2) is 21.5 Å². The second-order valence-electron chi connectivity index (χ2n) is 3.86. The van der Waals surface area contributed by atoms with Crippen LogP contribution in [0.1, 0.15) is 6.42 Å². The van der Waals surface area contributed by atoms with Gasteiger partial charge in [-0.1, -0.05) is 0 Å². The smallest absolute Gasteiger partial charge is 0.271 e. The second-order valence-corrected chi connectivity index (χ2v) is 4.84. The van der Waals surface area contributed by atoms with Crippen molar-refractivity contribution in [3.8, 4) is 0 Å². The van der Waals surface area contributed by atoms with Crippen LogP contribution < -0.4 is 0 Å². The number of non-ortho nitro benzene ring substituents is 1. The Balaban J connectivity index is 2.30. The van der Waals surface area contributed by atoms with Gasteiger partial charge in [-0.05, 0) is 30.6 Å². The summed E-state index contributed by atoms with van der Waals surface area (Å²) in [4.78, 5) is 10.4. The summed E-state index contributed by atoms with van der Waals surface area (Å²) < 4.78 is 2.08. The van der Waals surface area contributed by atoms with E-state index in [-0.39, 0.29) is 10.6 Å². The van der Waals surface area contributed by atoms with E-state index >= 15 is 0 Å². The number of hydrogen-bond acceptors (Lipinski definition) is 3. The zero-order valence-electron chi connectivity index (χ0n) is 9.63. The summed E-state index contributed by atoms with van der Waals surface area (Å²) in [6.07, 6.45) is 5.15. The lowest BCUT2D eigenvalue weighted by Crippen LogP contribution is -1.97. The molecule has 0 saturated carbocycles. The van der Waals surface area contributed by atoms with Gasteiger partial charge >= 0.3 is 0 Å². The Kier molecular flexibility index (Phi) is 3.68. The second kappa shape index (κ2) is 5.23. The van der Waals surface area contributed by atoms with Gasteiger partial charge in [0, 0.05) is 30.3 Å². The van der Waals surface area contributed by atoms with Crippen molar-refractivity contribution in [2.45, 2.75) is 13.0 Å². The fourth-order valence-corrected chi connectivity index (χ4v) is 2.28. The molecule has 0 saturated heterocycles. The molecule has 2 rings (SSSR count). The van der Waals surface area contributed by atoms with Gasteiger partial charge in [0.15, 0.2) is 0 Å². The Labute approximate surface area is 104 Å². The van der Waals surface area contributed by atoms with Crippen LogP contribution in [0.2, 0.25) is 0 Å². The van der Waals surface area contributed by atoms with E-state index in [1.54, 1.807) is 18.2 Å². The Bertz CT molecular complexity index is 536. The average molecular weight is 250 g/mol. The van der Waals surface area contributed by atoms with Gasteiger partial charge in [-0.2, -0.15) is 11.8 Å². The molecule has 0 fully saturated rings. The first kappa shape index (κ1) is 12.0. The summed E-state index contributed by atoms with van der Waals surface area (Å²) in [5.41, 5.74) is 1.10. The maximum Gasteiger partial charge on any atom is 0.271 e. The molecule has 2 aromatic rings. The molecule has 1 aromatic carbocycles. The molecule has 1 aromatic heterocycles. The van der Waals surface area contributed by atoms with Crippen LogP contribution in [-0.2, 0) is 6.54 Å². The predicted octanol–water partition coefficient (Wildman–Crippen LogP) is 3.30. The predicted molar refractivity (Wildman–Crippen MR) is 71.6 cm³/mol. The number of fused-ring (bicyclic) bond motifs is 1. The molecule has 0 bridgehead atoms. The maximum atomic E-state index is 10.7. The van der Waals surface area contributed by atoms with Crippen LogP contribution in [0.15, 0.2) is 30.5 Å². The molecule has 5 heteroatoms. The number of benzene rings is 1. The number of nitrogens with zero attached hydrogens (tertiary/aromatic N) is 2. The van der Waals surface area contributed by atoms with Crippen LogP contribution in [0, 0.1) is 10.1 Å². The maximum absolute atomic E-state index is 10.7. The standard InChI is InChI=1S/C12H14N2O2S/c1-17-8-2-6-13-7-5-10-3-4-11(14(15)16)9-12(10)13/h3-5,7,9H,2,6,8H2,1H3. The van der Waals surface area contributed by atoms with Gasteiger partial charge < -0.3 is 4.57 Å². The van der Waals surface area contributed by atoms with Crippen LogP contribution >= 0.6 is 11.8 Å². The third-order valence-electron chi connectivity index (χ3n) is 2.72. The van der Waals surface area contributed by atoms with Crippen LogP contribution in [0.4, 0.5) is 5.69 Å². The first-order valence-electron chi connectivity index (χ1n) is 5.44. The topological polar surface area (TPSA) is 48.1 Å². The van der Waals surface area contributed by atoms with Crippen molar-refractivity contribution in [1.82, 2.24) is 4.57 Å². The highest BCUT2D eigenvalue weighted by Gasteiger charge is 2.08. The van der Waals surface area contributed by atoms with E-state index in [0.29, 0.717) is 0 Å². The van der Waals surface area contributed by atoms with Gasteiger partial charge in [0.1, 0.15) is 0 Å². The third kappa shape index (κ3) is 2.61. The van der Waals surface area contributed by atoms with E-state index in [9.17, 15) is 10.1 Å². The Hall–Kier alpha value is -1.49. The highest BCUT2D eigenvalue weighted by atomic mass is 32.2. The van der Waals surface area contributed by atoms with E-state index in [1.165, 1.54) is 0 Å². The van der Waals surface area contributed by atoms with Crippen LogP contribution in [0.3, 0.4) is 0 Å². The number of aryl methyl sites for hydroxylation is 1. The minimum absolute atomic E-state index is 0.155. The lowest BCUT2D eigenvalue weighted by molar-refractivity contribution is -0.384. The molecule has 0 atom stereocenters. The van der Waals surface area contributed by atoms with Crippen molar-refractivity contribution in [2.75, 3.05) is 12.0 Å². The van der Waals surface area contributed by atoms with Crippen molar-refractivity contribution in [1.29, 1.82) is 0 Å². The van der Waals surface area contributed by atoms with Crippen molar-refractivity contribution in [3.63, 3.8) is 0 Å². The molecule has 0 amide bonds. The quantitative estimate of drug-likeness (QED) is 0.464. The van der Waals surface area contributed by atoms with Gasteiger partial charge in [-0.15, -0.1) is 0 Å². The number of nitro groups is 1. The first-order chi connectivity index (χ1) is 8.22. The average Bonchev–Trinajstić information content (AvgIpc) is 2.72. The van der Waals surface area contributed by atoms with Crippen molar-refractivity contribution in [2.24, 2.45) is 0 Å². The number of rotatable bonds is 5. The van der Waals surface area contributed by atoms with E-state index < -0.39 is 0 Å². The van der Waals surface area contributed by atoms with Crippen LogP contribution in [0.5, 0.6) is 0 Å². The number of nitro benzene ring substituents is 1. The molecule has 0 aliphatic heterocycles. The molecule has 1 heterocycles. The van der Waals surface area contributed by atoms with Crippen LogP contribution in [0.25, 0.3) is 10.9 Å². The largest absolute Gasteiger partial charge is 0.347 e.